The number of amides is 1. The summed E-state index contributed by atoms with van der Waals surface area (Å²) in [6.45, 7) is 1.53. The molecule has 0 aliphatic carbocycles. The third-order valence-corrected chi connectivity index (χ3v) is 5.45. The number of ether oxygens (including phenoxy) is 2. The van der Waals surface area contributed by atoms with Crippen molar-refractivity contribution in [3.8, 4) is 0 Å². The fourth-order valence-corrected chi connectivity index (χ4v) is 3.82. The summed E-state index contributed by atoms with van der Waals surface area (Å²) in [5.41, 5.74) is 0.919. The van der Waals surface area contributed by atoms with Crippen LogP contribution >= 0.6 is 11.8 Å². The summed E-state index contributed by atoms with van der Waals surface area (Å²) in [5.74, 6) is -0.564. The van der Waals surface area contributed by atoms with Crippen LogP contribution in [0.5, 0.6) is 0 Å². The van der Waals surface area contributed by atoms with Gasteiger partial charge in [0.05, 0.1) is 7.11 Å². The molecule has 8 heteroatoms. The number of rotatable bonds is 7. The third-order valence-electron chi connectivity index (χ3n) is 4.40. The Morgan fingerprint density at radius 2 is 1.68 bits per heavy atom. The highest BCUT2D eigenvalue weighted by molar-refractivity contribution is 7.99. The lowest BCUT2D eigenvalue weighted by Gasteiger charge is -2.16. The topological polar surface area (TPSA) is 86.6 Å². The molecule has 0 bridgehead atoms. The van der Waals surface area contributed by atoms with E-state index in [0.717, 1.165) is 10.5 Å². The molecule has 0 aliphatic rings. The van der Waals surface area contributed by atoms with E-state index in [0.29, 0.717) is 10.6 Å². The van der Waals surface area contributed by atoms with Gasteiger partial charge in [0.2, 0.25) is 0 Å². The zero-order valence-electron chi connectivity index (χ0n) is 17.2. The zero-order valence-corrected chi connectivity index (χ0v) is 18.0. The Bertz CT molecular complexity index is 1110. The van der Waals surface area contributed by atoms with Crippen LogP contribution in [-0.4, -0.2) is 23.7 Å². The first-order valence-corrected chi connectivity index (χ1v) is 10.3. The van der Waals surface area contributed by atoms with Gasteiger partial charge in [-0.2, -0.15) is 0 Å². The molecule has 0 spiro atoms. The van der Waals surface area contributed by atoms with Gasteiger partial charge in [-0.05, 0) is 30.7 Å². The monoisotopic (exact) mass is 438 g/mol. The van der Waals surface area contributed by atoms with Gasteiger partial charge in [0.25, 0.3) is 5.56 Å². The minimum absolute atomic E-state index is 0.0430. The number of hydrogen-bond donors (Lipinski definition) is 1. The first-order chi connectivity index (χ1) is 15.0. The maximum Gasteiger partial charge on any atom is 0.412 e. The van der Waals surface area contributed by atoms with E-state index in [1.807, 2.05) is 60.7 Å². The molecule has 31 heavy (non-hydrogen) atoms. The van der Waals surface area contributed by atoms with Crippen molar-refractivity contribution in [2.75, 3.05) is 12.4 Å². The summed E-state index contributed by atoms with van der Waals surface area (Å²) in [6, 6.07) is 20.4. The number of carbonyl (C=O) groups is 2. The first-order valence-electron chi connectivity index (χ1n) is 9.50. The van der Waals surface area contributed by atoms with E-state index in [9.17, 15) is 14.4 Å². The van der Waals surface area contributed by atoms with Gasteiger partial charge in [0.15, 0.2) is 0 Å². The molecule has 1 aromatic heterocycles. The second-order valence-electron chi connectivity index (χ2n) is 6.59. The maximum atomic E-state index is 13.1. The van der Waals surface area contributed by atoms with Crippen LogP contribution in [0.3, 0.4) is 0 Å². The Morgan fingerprint density at radius 3 is 2.32 bits per heavy atom. The Hall–Kier alpha value is -3.52. The maximum absolute atomic E-state index is 13.1. The number of methoxy groups -OCH3 is 1. The molecule has 1 N–H and O–H groups in total. The molecule has 2 aromatic carbocycles. The lowest BCUT2D eigenvalue weighted by atomic mass is 10.2. The molecular weight excluding hydrogens is 416 g/mol. The van der Waals surface area contributed by atoms with Crippen LogP contribution in [-0.2, 0) is 27.4 Å². The predicted octanol–water partition coefficient (Wildman–Crippen LogP) is 4.23. The minimum atomic E-state index is -0.760. The molecule has 0 radical (unpaired) electrons. The van der Waals surface area contributed by atoms with Crippen molar-refractivity contribution in [1.82, 2.24) is 4.57 Å². The third kappa shape index (κ3) is 5.99. The number of esters is 1. The predicted molar refractivity (Wildman–Crippen MR) is 118 cm³/mol. The second kappa shape index (κ2) is 10.5. The van der Waals surface area contributed by atoms with Crippen molar-refractivity contribution >= 4 is 29.5 Å². The number of pyridine rings is 1. The standard InChI is InChI=1S/C23H22N2O5S/c1-16-13-19(31-18-11-7-4-8-12-18)21(22(27)25(16)14-20(26)29-2)24-23(28)30-15-17-9-5-3-6-10-17/h3-13H,14-15H2,1-2H3,(H,24,28). The first kappa shape index (κ1) is 22.2. The summed E-state index contributed by atoms with van der Waals surface area (Å²) < 4.78 is 11.2. The van der Waals surface area contributed by atoms with Crippen LogP contribution in [0.2, 0.25) is 0 Å². The smallest absolute Gasteiger partial charge is 0.412 e. The SMILES string of the molecule is COC(=O)Cn1c(C)cc(Sc2ccccc2)c(NC(=O)OCc2ccccc2)c1=O. The molecule has 0 saturated carbocycles. The summed E-state index contributed by atoms with van der Waals surface area (Å²) >= 11 is 1.33. The lowest BCUT2D eigenvalue weighted by Crippen LogP contribution is -2.31. The van der Waals surface area contributed by atoms with Gasteiger partial charge in [0, 0.05) is 15.5 Å². The van der Waals surface area contributed by atoms with Crippen LogP contribution in [0.25, 0.3) is 0 Å². The van der Waals surface area contributed by atoms with Crippen molar-refractivity contribution < 1.29 is 19.1 Å². The molecule has 7 nitrogen and oxygen atoms in total. The van der Waals surface area contributed by atoms with E-state index in [1.54, 1.807) is 13.0 Å². The zero-order chi connectivity index (χ0) is 22.2. The van der Waals surface area contributed by atoms with Crippen molar-refractivity contribution in [1.29, 1.82) is 0 Å². The quantitative estimate of drug-likeness (QED) is 0.556. The highest BCUT2D eigenvalue weighted by Gasteiger charge is 2.19. The number of aromatic nitrogens is 1. The summed E-state index contributed by atoms with van der Waals surface area (Å²) in [7, 11) is 1.25. The minimum Gasteiger partial charge on any atom is -0.468 e. The van der Waals surface area contributed by atoms with Crippen molar-refractivity contribution in [3.63, 3.8) is 0 Å². The van der Waals surface area contributed by atoms with E-state index >= 15 is 0 Å². The highest BCUT2D eigenvalue weighted by Crippen LogP contribution is 2.32. The summed E-state index contributed by atoms with van der Waals surface area (Å²) in [6.07, 6.45) is -0.760. The van der Waals surface area contributed by atoms with Crippen LogP contribution in [0, 0.1) is 6.92 Å². The van der Waals surface area contributed by atoms with Gasteiger partial charge in [0.1, 0.15) is 18.8 Å². The Labute approximate surface area is 184 Å². The number of carbonyl (C=O) groups excluding carboxylic acids is 2. The fourth-order valence-electron chi connectivity index (χ4n) is 2.80. The van der Waals surface area contributed by atoms with E-state index < -0.39 is 17.6 Å². The van der Waals surface area contributed by atoms with Crippen molar-refractivity contribution in [3.05, 3.63) is 88.3 Å². The fraction of sp³-hybridized carbons (Fsp3) is 0.174. The van der Waals surface area contributed by atoms with Gasteiger partial charge in [-0.3, -0.25) is 19.5 Å². The molecular formula is C23H22N2O5S. The second-order valence-corrected chi connectivity index (χ2v) is 7.71. The molecule has 1 heterocycles. The highest BCUT2D eigenvalue weighted by atomic mass is 32.2. The van der Waals surface area contributed by atoms with Crippen LogP contribution in [0.15, 0.2) is 81.3 Å². The van der Waals surface area contributed by atoms with Gasteiger partial charge in [-0.25, -0.2) is 4.79 Å². The molecule has 3 aromatic rings. The Balaban J connectivity index is 1.90. The molecule has 0 atom stereocenters. The van der Waals surface area contributed by atoms with Crippen molar-refractivity contribution in [2.45, 2.75) is 29.9 Å². The molecule has 1 amide bonds. The van der Waals surface area contributed by atoms with Crippen LogP contribution in [0.1, 0.15) is 11.3 Å². The van der Waals surface area contributed by atoms with E-state index in [-0.39, 0.29) is 18.8 Å². The number of anilines is 1. The average molecular weight is 439 g/mol. The Kier molecular flexibility index (Phi) is 7.50. The van der Waals surface area contributed by atoms with Gasteiger partial charge in [-0.1, -0.05) is 60.3 Å². The summed E-state index contributed by atoms with van der Waals surface area (Å²) in [5, 5.41) is 2.56. The number of hydrogen-bond acceptors (Lipinski definition) is 6. The summed E-state index contributed by atoms with van der Waals surface area (Å²) in [4.78, 5) is 38.8. The Morgan fingerprint density at radius 1 is 1.03 bits per heavy atom. The molecule has 0 unspecified atom stereocenters. The van der Waals surface area contributed by atoms with Crippen molar-refractivity contribution in [2.24, 2.45) is 0 Å². The van der Waals surface area contributed by atoms with E-state index in [1.165, 1.54) is 23.4 Å². The number of nitrogens with one attached hydrogen (secondary N) is 1. The lowest BCUT2D eigenvalue weighted by molar-refractivity contribution is -0.141. The van der Waals surface area contributed by atoms with Crippen LogP contribution in [0.4, 0.5) is 10.5 Å². The number of benzene rings is 2. The van der Waals surface area contributed by atoms with E-state index in [4.69, 9.17) is 4.74 Å². The van der Waals surface area contributed by atoms with E-state index in [2.05, 4.69) is 10.1 Å². The average Bonchev–Trinajstić information content (AvgIpc) is 2.79. The largest absolute Gasteiger partial charge is 0.468 e. The van der Waals surface area contributed by atoms with Gasteiger partial charge in [-0.15, -0.1) is 0 Å². The molecule has 160 valence electrons. The number of nitrogens with zero attached hydrogens (tertiary/aromatic N) is 1. The van der Waals surface area contributed by atoms with Gasteiger partial charge < -0.3 is 9.47 Å². The van der Waals surface area contributed by atoms with Crippen LogP contribution < -0.4 is 10.9 Å². The molecule has 3 rings (SSSR count). The number of aryl methyl sites for hydroxylation is 1. The molecule has 0 aliphatic heterocycles. The van der Waals surface area contributed by atoms with Gasteiger partial charge >= 0.3 is 12.1 Å². The normalized spacial score (nSPS) is 10.4. The molecule has 0 fully saturated rings. The molecule has 0 saturated heterocycles.